The van der Waals surface area contributed by atoms with E-state index in [2.05, 4.69) is 15.3 Å². The number of aryl methyl sites for hydroxylation is 1. The first-order chi connectivity index (χ1) is 8.69. The van der Waals surface area contributed by atoms with E-state index in [4.69, 9.17) is 10.5 Å². The molecule has 0 fully saturated rings. The molecule has 0 radical (unpaired) electrons. The van der Waals surface area contributed by atoms with Crippen molar-refractivity contribution in [2.75, 3.05) is 18.2 Å². The molecule has 0 aliphatic carbocycles. The SMILES string of the molecule is COc1nc(NCc2ccc(C)nc2)ccc1N. The fourth-order valence-electron chi connectivity index (χ4n) is 1.51. The van der Waals surface area contributed by atoms with E-state index in [-0.39, 0.29) is 0 Å². The Bertz CT molecular complexity index is 525. The van der Waals surface area contributed by atoms with Crippen molar-refractivity contribution in [2.45, 2.75) is 13.5 Å². The van der Waals surface area contributed by atoms with Gasteiger partial charge in [0, 0.05) is 18.4 Å². The maximum atomic E-state index is 5.70. The van der Waals surface area contributed by atoms with Crippen molar-refractivity contribution < 1.29 is 4.74 Å². The van der Waals surface area contributed by atoms with Gasteiger partial charge in [-0.3, -0.25) is 4.98 Å². The van der Waals surface area contributed by atoms with Crippen molar-refractivity contribution in [2.24, 2.45) is 0 Å². The third-order valence-corrected chi connectivity index (χ3v) is 2.53. The third-order valence-electron chi connectivity index (χ3n) is 2.53. The lowest BCUT2D eigenvalue weighted by Crippen LogP contribution is -2.04. The van der Waals surface area contributed by atoms with Crippen LogP contribution in [0.1, 0.15) is 11.3 Å². The van der Waals surface area contributed by atoms with Gasteiger partial charge in [0.1, 0.15) is 5.82 Å². The topological polar surface area (TPSA) is 73.1 Å². The number of anilines is 2. The van der Waals surface area contributed by atoms with Crippen LogP contribution in [-0.2, 0) is 6.54 Å². The summed E-state index contributed by atoms with van der Waals surface area (Å²) >= 11 is 0. The zero-order valence-corrected chi connectivity index (χ0v) is 10.5. The molecule has 3 N–H and O–H groups in total. The van der Waals surface area contributed by atoms with Crippen molar-refractivity contribution in [3.8, 4) is 5.88 Å². The molecule has 2 aromatic rings. The summed E-state index contributed by atoms with van der Waals surface area (Å²) in [5, 5.41) is 3.20. The monoisotopic (exact) mass is 244 g/mol. The van der Waals surface area contributed by atoms with Gasteiger partial charge in [0.25, 0.3) is 0 Å². The molecular weight excluding hydrogens is 228 g/mol. The smallest absolute Gasteiger partial charge is 0.238 e. The predicted octanol–water partition coefficient (Wildman–Crippen LogP) is 1.99. The average Bonchev–Trinajstić information content (AvgIpc) is 2.39. The third kappa shape index (κ3) is 2.88. The van der Waals surface area contributed by atoms with Crippen LogP contribution in [0, 0.1) is 6.92 Å². The molecule has 94 valence electrons. The molecule has 2 aromatic heterocycles. The molecule has 0 saturated heterocycles. The van der Waals surface area contributed by atoms with Gasteiger partial charge in [-0.05, 0) is 30.7 Å². The first-order valence-electron chi connectivity index (χ1n) is 5.65. The summed E-state index contributed by atoms with van der Waals surface area (Å²) in [5.74, 6) is 1.16. The molecule has 0 aliphatic heterocycles. The van der Waals surface area contributed by atoms with Gasteiger partial charge in [0.2, 0.25) is 5.88 Å². The number of rotatable bonds is 4. The van der Waals surface area contributed by atoms with Gasteiger partial charge in [-0.25, -0.2) is 0 Å². The zero-order chi connectivity index (χ0) is 13.0. The number of methoxy groups -OCH3 is 1. The molecule has 0 atom stereocenters. The van der Waals surface area contributed by atoms with E-state index in [9.17, 15) is 0 Å². The lowest BCUT2D eigenvalue weighted by Gasteiger charge is -2.08. The minimum atomic E-state index is 0.432. The largest absolute Gasteiger partial charge is 0.479 e. The molecular formula is C13H16N4O. The number of nitrogens with two attached hydrogens (primary N) is 1. The average molecular weight is 244 g/mol. The number of nitrogens with one attached hydrogen (secondary N) is 1. The highest BCUT2D eigenvalue weighted by Gasteiger charge is 2.02. The van der Waals surface area contributed by atoms with Gasteiger partial charge in [0.05, 0.1) is 12.8 Å². The van der Waals surface area contributed by atoms with Crippen molar-refractivity contribution in [1.29, 1.82) is 0 Å². The van der Waals surface area contributed by atoms with Crippen LogP contribution in [0.15, 0.2) is 30.5 Å². The van der Waals surface area contributed by atoms with E-state index in [1.54, 1.807) is 13.2 Å². The van der Waals surface area contributed by atoms with Crippen molar-refractivity contribution in [3.63, 3.8) is 0 Å². The Kier molecular flexibility index (Phi) is 3.62. The number of nitrogens with zero attached hydrogens (tertiary/aromatic N) is 2. The first kappa shape index (κ1) is 12.2. The summed E-state index contributed by atoms with van der Waals surface area (Å²) in [5.41, 5.74) is 8.33. The molecule has 0 unspecified atom stereocenters. The number of ether oxygens (including phenoxy) is 1. The summed E-state index contributed by atoms with van der Waals surface area (Å²) < 4.78 is 5.06. The van der Waals surface area contributed by atoms with Crippen LogP contribution in [-0.4, -0.2) is 17.1 Å². The normalized spacial score (nSPS) is 10.1. The molecule has 2 rings (SSSR count). The van der Waals surface area contributed by atoms with Crippen LogP contribution in [0.3, 0.4) is 0 Å². The number of pyridine rings is 2. The fourth-order valence-corrected chi connectivity index (χ4v) is 1.51. The lowest BCUT2D eigenvalue weighted by atomic mass is 10.2. The van der Waals surface area contributed by atoms with E-state index >= 15 is 0 Å². The van der Waals surface area contributed by atoms with Crippen LogP contribution >= 0.6 is 0 Å². The quantitative estimate of drug-likeness (QED) is 0.860. The van der Waals surface area contributed by atoms with Gasteiger partial charge in [0.15, 0.2) is 0 Å². The summed E-state index contributed by atoms with van der Waals surface area (Å²) in [4.78, 5) is 8.48. The zero-order valence-electron chi connectivity index (χ0n) is 10.5. The molecule has 0 spiro atoms. The molecule has 0 aromatic carbocycles. The van der Waals surface area contributed by atoms with Crippen LogP contribution in [0.2, 0.25) is 0 Å². The highest BCUT2D eigenvalue weighted by Crippen LogP contribution is 2.20. The van der Waals surface area contributed by atoms with Crippen molar-refractivity contribution >= 4 is 11.5 Å². The molecule has 2 heterocycles. The summed E-state index contributed by atoms with van der Waals surface area (Å²) in [6.07, 6.45) is 1.84. The Hall–Kier alpha value is -2.30. The predicted molar refractivity (Wildman–Crippen MR) is 71.5 cm³/mol. The standard InChI is InChI=1S/C13H16N4O/c1-9-3-4-10(7-15-9)8-16-12-6-5-11(14)13(17-12)18-2/h3-7H,8,14H2,1-2H3,(H,16,17). The molecule has 0 bridgehead atoms. The minimum absolute atomic E-state index is 0.432. The van der Waals surface area contributed by atoms with Crippen molar-refractivity contribution in [1.82, 2.24) is 9.97 Å². The van der Waals surface area contributed by atoms with E-state index in [1.165, 1.54) is 0 Å². The summed E-state index contributed by atoms with van der Waals surface area (Å²) in [6.45, 7) is 2.62. The number of hydrogen-bond acceptors (Lipinski definition) is 5. The second-order valence-electron chi connectivity index (χ2n) is 3.96. The highest BCUT2D eigenvalue weighted by atomic mass is 16.5. The molecule has 0 amide bonds. The number of aromatic nitrogens is 2. The number of nitrogen functional groups attached to an aromatic ring is 1. The summed E-state index contributed by atoms with van der Waals surface area (Å²) in [7, 11) is 1.55. The summed E-state index contributed by atoms with van der Waals surface area (Å²) in [6, 6.07) is 7.60. The van der Waals surface area contributed by atoms with Gasteiger partial charge < -0.3 is 15.8 Å². The van der Waals surface area contributed by atoms with Gasteiger partial charge >= 0.3 is 0 Å². The second kappa shape index (κ2) is 5.35. The highest BCUT2D eigenvalue weighted by molar-refractivity contribution is 5.53. The van der Waals surface area contributed by atoms with E-state index in [0.717, 1.165) is 17.1 Å². The Labute approximate surface area is 106 Å². The Balaban J connectivity index is 2.04. The van der Waals surface area contributed by atoms with E-state index < -0.39 is 0 Å². The van der Waals surface area contributed by atoms with Gasteiger partial charge in [-0.2, -0.15) is 4.98 Å². The van der Waals surface area contributed by atoms with Crippen LogP contribution in [0.4, 0.5) is 11.5 Å². The van der Waals surface area contributed by atoms with Gasteiger partial charge in [-0.15, -0.1) is 0 Å². The lowest BCUT2D eigenvalue weighted by molar-refractivity contribution is 0.401. The molecule has 5 nitrogen and oxygen atoms in total. The van der Waals surface area contributed by atoms with E-state index in [0.29, 0.717) is 18.1 Å². The van der Waals surface area contributed by atoms with E-state index in [1.807, 2.05) is 31.3 Å². The molecule has 0 aliphatic rings. The van der Waals surface area contributed by atoms with Crippen LogP contribution < -0.4 is 15.8 Å². The molecule has 18 heavy (non-hydrogen) atoms. The Morgan fingerprint density at radius 3 is 2.78 bits per heavy atom. The molecule has 0 saturated carbocycles. The molecule has 5 heteroatoms. The fraction of sp³-hybridized carbons (Fsp3) is 0.231. The van der Waals surface area contributed by atoms with Crippen LogP contribution in [0.5, 0.6) is 5.88 Å². The first-order valence-corrected chi connectivity index (χ1v) is 5.65. The van der Waals surface area contributed by atoms with Crippen LogP contribution in [0.25, 0.3) is 0 Å². The van der Waals surface area contributed by atoms with Crippen molar-refractivity contribution in [3.05, 3.63) is 41.7 Å². The Morgan fingerprint density at radius 2 is 2.11 bits per heavy atom. The Morgan fingerprint density at radius 1 is 1.28 bits per heavy atom. The van der Waals surface area contributed by atoms with Gasteiger partial charge in [-0.1, -0.05) is 6.07 Å². The maximum absolute atomic E-state index is 5.70. The second-order valence-corrected chi connectivity index (χ2v) is 3.96. The minimum Gasteiger partial charge on any atom is -0.479 e. The number of hydrogen-bond donors (Lipinski definition) is 2. The maximum Gasteiger partial charge on any atom is 0.238 e.